The third-order valence-electron chi connectivity index (χ3n) is 2.31. The average molecular weight is 240 g/mol. The number of benzene rings is 1. The second-order valence-corrected chi connectivity index (χ2v) is 3.55. The van der Waals surface area contributed by atoms with Crippen LogP contribution in [0.4, 0.5) is 13.2 Å². The fourth-order valence-electron chi connectivity index (χ4n) is 1.42. The molecule has 2 rings (SSSR count). The average Bonchev–Trinajstić information content (AvgIpc) is 2.64. The number of carbonyl (C=O) groups is 1. The zero-order valence-corrected chi connectivity index (χ0v) is 8.53. The molecule has 6 heteroatoms. The van der Waals surface area contributed by atoms with Gasteiger partial charge in [-0.2, -0.15) is 18.3 Å². The lowest BCUT2D eigenvalue weighted by Gasteiger charge is -2.07. The minimum atomic E-state index is -4.34. The summed E-state index contributed by atoms with van der Waals surface area (Å²) in [6.07, 6.45) is -2.78. The Kier molecular flexibility index (Phi) is 2.79. The van der Waals surface area contributed by atoms with Crippen molar-refractivity contribution in [3.63, 3.8) is 0 Å². The fraction of sp³-hybridized carbons (Fsp3) is 0.182. The molecule has 1 aliphatic rings. The van der Waals surface area contributed by atoms with E-state index in [0.29, 0.717) is 11.1 Å². The van der Waals surface area contributed by atoms with E-state index in [0.717, 1.165) is 12.1 Å². The summed E-state index contributed by atoms with van der Waals surface area (Å²) >= 11 is 0. The van der Waals surface area contributed by atoms with Gasteiger partial charge in [-0.05, 0) is 17.7 Å². The maximum Gasteiger partial charge on any atom is 0.416 e. The minimum absolute atomic E-state index is 0.240. The number of amides is 1. The van der Waals surface area contributed by atoms with Crippen molar-refractivity contribution in [2.75, 3.05) is 0 Å². The lowest BCUT2D eigenvalue weighted by Crippen LogP contribution is -2.05. The molecule has 1 aromatic carbocycles. The first-order valence-electron chi connectivity index (χ1n) is 4.77. The summed E-state index contributed by atoms with van der Waals surface area (Å²) in [6, 6.07) is 4.66. The first-order chi connectivity index (χ1) is 7.97. The summed E-state index contributed by atoms with van der Waals surface area (Å²) in [4.78, 5) is 11.1. The standard InChI is InChI=1S/C11H7F3N2O/c12-11(13,14)9-3-1-7(2-4-9)5-8-6-15-16-10(8)17/h1-4,6H,5H2. The first-order valence-corrected chi connectivity index (χ1v) is 4.77. The molecule has 1 heterocycles. The van der Waals surface area contributed by atoms with Gasteiger partial charge in [-0.15, -0.1) is 5.11 Å². The second-order valence-electron chi connectivity index (χ2n) is 3.55. The van der Waals surface area contributed by atoms with Crippen LogP contribution < -0.4 is 0 Å². The predicted octanol–water partition coefficient (Wildman–Crippen LogP) is 3.12. The molecule has 17 heavy (non-hydrogen) atoms. The molecule has 0 unspecified atom stereocenters. The molecule has 1 aromatic rings. The molecule has 3 nitrogen and oxygen atoms in total. The van der Waals surface area contributed by atoms with Crippen LogP contribution in [0, 0.1) is 0 Å². The number of hydrogen-bond donors (Lipinski definition) is 0. The highest BCUT2D eigenvalue weighted by atomic mass is 19.4. The number of nitrogens with zero attached hydrogens (tertiary/aromatic N) is 2. The van der Waals surface area contributed by atoms with Crippen LogP contribution >= 0.6 is 0 Å². The van der Waals surface area contributed by atoms with Crippen LogP contribution in [0.1, 0.15) is 11.1 Å². The summed E-state index contributed by atoms with van der Waals surface area (Å²) in [5.74, 6) is -0.440. The lowest BCUT2D eigenvalue weighted by molar-refractivity contribution is -0.137. The van der Waals surface area contributed by atoms with Crippen molar-refractivity contribution < 1.29 is 18.0 Å². The van der Waals surface area contributed by atoms with Crippen molar-refractivity contribution in [1.29, 1.82) is 0 Å². The van der Waals surface area contributed by atoms with Crippen LogP contribution in [0.25, 0.3) is 0 Å². The summed E-state index contributed by atoms with van der Waals surface area (Å²) in [5, 5.41) is 6.72. The largest absolute Gasteiger partial charge is 0.416 e. The summed E-state index contributed by atoms with van der Waals surface area (Å²) in [7, 11) is 0. The van der Waals surface area contributed by atoms with E-state index in [1.54, 1.807) is 0 Å². The Morgan fingerprint density at radius 1 is 1.12 bits per heavy atom. The Morgan fingerprint density at radius 2 is 1.76 bits per heavy atom. The quantitative estimate of drug-likeness (QED) is 0.782. The van der Waals surface area contributed by atoms with Crippen molar-refractivity contribution in [2.45, 2.75) is 12.6 Å². The smallest absolute Gasteiger partial charge is 0.265 e. The van der Waals surface area contributed by atoms with Gasteiger partial charge in [0.1, 0.15) is 0 Å². The SMILES string of the molecule is O=C1N=NC=C1Cc1ccc(C(F)(F)F)cc1. The number of carbonyl (C=O) groups excluding carboxylic acids is 1. The van der Waals surface area contributed by atoms with E-state index in [4.69, 9.17) is 0 Å². The van der Waals surface area contributed by atoms with Gasteiger partial charge in [0.25, 0.3) is 5.91 Å². The molecule has 0 saturated heterocycles. The first kappa shape index (κ1) is 11.5. The van der Waals surface area contributed by atoms with E-state index in [1.165, 1.54) is 18.3 Å². The van der Waals surface area contributed by atoms with E-state index >= 15 is 0 Å². The molecule has 1 aliphatic heterocycles. The molecule has 0 aliphatic carbocycles. The van der Waals surface area contributed by atoms with Crippen LogP contribution in [0.3, 0.4) is 0 Å². The summed E-state index contributed by atoms with van der Waals surface area (Å²) in [6.45, 7) is 0. The van der Waals surface area contributed by atoms with E-state index in [1.807, 2.05) is 0 Å². The van der Waals surface area contributed by atoms with Gasteiger partial charge in [0.05, 0.1) is 11.8 Å². The maximum atomic E-state index is 12.3. The van der Waals surface area contributed by atoms with Gasteiger partial charge < -0.3 is 0 Å². The van der Waals surface area contributed by atoms with Crippen LogP contribution in [-0.2, 0) is 17.4 Å². The Hall–Kier alpha value is -1.98. The van der Waals surface area contributed by atoms with Crippen molar-refractivity contribution in [3.05, 3.63) is 47.2 Å². The van der Waals surface area contributed by atoms with Crippen molar-refractivity contribution in [3.8, 4) is 0 Å². The molecule has 0 saturated carbocycles. The lowest BCUT2D eigenvalue weighted by atomic mass is 10.0. The van der Waals surface area contributed by atoms with Crippen molar-refractivity contribution in [1.82, 2.24) is 0 Å². The topological polar surface area (TPSA) is 41.8 Å². The van der Waals surface area contributed by atoms with Gasteiger partial charge >= 0.3 is 6.18 Å². The molecule has 88 valence electrons. The number of rotatable bonds is 2. The van der Waals surface area contributed by atoms with Gasteiger partial charge in [0.15, 0.2) is 0 Å². The predicted molar refractivity (Wildman–Crippen MR) is 53.1 cm³/mol. The van der Waals surface area contributed by atoms with Crippen LogP contribution in [-0.4, -0.2) is 5.91 Å². The van der Waals surface area contributed by atoms with Gasteiger partial charge in [0.2, 0.25) is 0 Å². The molecule has 0 N–H and O–H groups in total. The van der Waals surface area contributed by atoms with Gasteiger partial charge in [0, 0.05) is 12.0 Å². The molecule has 0 bridgehead atoms. The molecule has 0 spiro atoms. The van der Waals surface area contributed by atoms with Crippen LogP contribution in [0.5, 0.6) is 0 Å². The second kappa shape index (κ2) is 4.12. The zero-order valence-electron chi connectivity index (χ0n) is 8.53. The van der Waals surface area contributed by atoms with Gasteiger partial charge in [-0.25, -0.2) is 0 Å². The number of alkyl halides is 3. The zero-order chi connectivity index (χ0) is 12.5. The Labute approximate surface area is 94.7 Å². The molecular formula is C11H7F3N2O. The van der Waals surface area contributed by atoms with Crippen molar-refractivity contribution >= 4 is 5.91 Å². The number of azo groups is 1. The van der Waals surface area contributed by atoms with E-state index < -0.39 is 17.6 Å². The molecule has 0 radical (unpaired) electrons. The molecule has 1 amide bonds. The Balaban J connectivity index is 2.12. The Bertz CT molecular complexity index is 500. The van der Waals surface area contributed by atoms with Gasteiger partial charge in [-0.3, -0.25) is 4.79 Å². The minimum Gasteiger partial charge on any atom is -0.265 e. The highest BCUT2D eigenvalue weighted by Gasteiger charge is 2.30. The van der Waals surface area contributed by atoms with E-state index in [2.05, 4.69) is 10.2 Å². The Morgan fingerprint density at radius 3 is 2.24 bits per heavy atom. The monoisotopic (exact) mass is 240 g/mol. The molecular weight excluding hydrogens is 233 g/mol. The van der Waals surface area contributed by atoms with E-state index in [-0.39, 0.29) is 6.42 Å². The number of halogens is 3. The van der Waals surface area contributed by atoms with Crippen molar-refractivity contribution in [2.24, 2.45) is 10.2 Å². The highest BCUT2D eigenvalue weighted by Crippen LogP contribution is 2.29. The fourth-order valence-corrected chi connectivity index (χ4v) is 1.42. The van der Waals surface area contributed by atoms with Crippen LogP contribution in [0.15, 0.2) is 46.3 Å². The third kappa shape index (κ3) is 2.58. The third-order valence-corrected chi connectivity index (χ3v) is 2.31. The summed E-state index contributed by atoms with van der Waals surface area (Å²) < 4.78 is 36.9. The normalized spacial score (nSPS) is 15.2. The molecule has 0 atom stereocenters. The van der Waals surface area contributed by atoms with E-state index in [9.17, 15) is 18.0 Å². The van der Waals surface area contributed by atoms with Gasteiger partial charge in [-0.1, -0.05) is 12.1 Å². The maximum absolute atomic E-state index is 12.3. The molecule has 0 fully saturated rings. The number of hydrogen-bond acceptors (Lipinski definition) is 2. The highest BCUT2D eigenvalue weighted by molar-refractivity contribution is 5.95. The summed E-state index contributed by atoms with van der Waals surface area (Å²) in [5.41, 5.74) is 0.289. The van der Waals surface area contributed by atoms with Crippen LogP contribution in [0.2, 0.25) is 0 Å². The molecule has 0 aromatic heterocycles.